The molecule has 0 aliphatic rings. The normalized spacial score (nSPS) is 11.5. The molecule has 1 unspecified atom stereocenters. The van der Waals surface area contributed by atoms with Crippen molar-refractivity contribution in [2.24, 2.45) is 0 Å². The van der Waals surface area contributed by atoms with Crippen LogP contribution in [0.2, 0.25) is 0 Å². The third-order valence-corrected chi connectivity index (χ3v) is 6.60. The molecule has 0 amide bonds. The molecule has 44 heavy (non-hydrogen) atoms. The minimum atomic E-state index is 0.694. The largest absolute Gasteiger partial charge is 0.0888 e. The summed E-state index contributed by atoms with van der Waals surface area (Å²) < 4.78 is 0. The second-order valence-corrected chi connectivity index (χ2v) is 11.0. The molecule has 0 spiro atoms. The highest BCUT2D eigenvalue weighted by Gasteiger charge is 2.05. The molecule has 0 heteroatoms. The van der Waals surface area contributed by atoms with Gasteiger partial charge in [-0.3, -0.25) is 0 Å². The first-order chi connectivity index (χ1) is 21.5. The Morgan fingerprint density at radius 3 is 1.05 bits per heavy atom. The van der Waals surface area contributed by atoms with Gasteiger partial charge in [0, 0.05) is 0 Å². The zero-order chi connectivity index (χ0) is 33.8. The van der Waals surface area contributed by atoms with Crippen LogP contribution in [-0.4, -0.2) is 0 Å². The van der Waals surface area contributed by atoms with Gasteiger partial charge >= 0.3 is 0 Å². The summed E-state index contributed by atoms with van der Waals surface area (Å²) in [6.45, 7) is 21.9. The molecule has 0 fully saturated rings. The van der Waals surface area contributed by atoms with Crippen LogP contribution >= 0.6 is 0 Å². The highest BCUT2D eigenvalue weighted by Crippen LogP contribution is 2.23. The molecule has 0 radical (unpaired) electrons. The van der Waals surface area contributed by atoms with Gasteiger partial charge in [-0.1, -0.05) is 199 Å². The van der Waals surface area contributed by atoms with Gasteiger partial charge in [0.1, 0.15) is 0 Å². The summed E-state index contributed by atoms with van der Waals surface area (Å²) >= 11 is 0. The van der Waals surface area contributed by atoms with E-state index in [2.05, 4.69) is 160 Å². The van der Waals surface area contributed by atoms with Gasteiger partial charge in [-0.05, 0) is 82.1 Å². The third-order valence-electron chi connectivity index (χ3n) is 6.60. The van der Waals surface area contributed by atoms with Gasteiger partial charge in [0.15, 0.2) is 0 Å². The van der Waals surface area contributed by atoms with E-state index in [0.29, 0.717) is 5.92 Å². The van der Waals surface area contributed by atoms with Gasteiger partial charge in [-0.25, -0.2) is 0 Å². The number of hydrogen-bond donors (Lipinski definition) is 0. The molecule has 0 aliphatic heterocycles. The van der Waals surface area contributed by atoms with Gasteiger partial charge in [0.25, 0.3) is 0 Å². The monoisotopic (exact) mass is 609 g/mol. The highest BCUT2D eigenvalue weighted by molar-refractivity contribution is 5.20. The summed E-state index contributed by atoms with van der Waals surface area (Å²) in [4.78, 5) is 0. The maximum atomic E-state index is 2.32. The van der Waals surface area contributed by atoms with E-state index in [-0.39, 0.29) is 0 Å². The number of rotatable bonds is 19. The Hall–Kier alpha value is -2.08. The first-order valence-corrected chi connectivity index (χ1v) is 18.8. The van der Waals surface area contributed by atoms with Crippen LogP contribution in [0, 0.1) is 0 Å². The lowest BCUT2D eigenvalue weighted by molar-refractivity contribution is 0.673. The van der Waals surface area contributed by atoms with E-state index < -0.39 is 0 Å². The number of unbranched alkanes of at least 4 members (excludes halogenated alkanes) is 6. The molecule has 1 aromatic carbocycles. The summed E-state index contributed by atoms with van der Waals surface area (Å²) in [6.07, 6.45) is 43.7. The first-order valence-electron chi connectivity index (χ1n) is 18.8. The topological polar surface area (TPSA) is 0 Å². The summed E-state index contributed by atoms with van der Waals surface area (Å²) in [5.74, 6) is 0.694. The lowest BCUT2D eigenvalue weighted by Crippen LogP contribution is -1.94. The Morgan fingerprint density at radius 1 is 0.409 bits per heavy atom. The van der Waals surface area contributed by atoms with Crippen LogP contribution in [0.25, 0.3) is 0 Å². The molecular weight excluding hydrogens is 528 g/mol. The third kappa shape index (κ3) is 49.6. The van der Waals surface area contributed by atoms with Crippen molar-refractivity contribution in [2.45, 2.75) is 184 Å². The molecule has 1 aromatic rings. The average Bonchev–Trinajstić information content (AvgIpc) is 3.06. The van der Waals surface area contributed by atoms with E-state index in [1.54, 1.807) is 0 Å². The van der Waals surface area contributed by atoms with Gasteiger partial charge in [0.05, 0.1) is 0 Å². The van der Waals surface area contributed by atoms with Crippen LogP contribution in [0.4, 0.5) is 0 Å². The Morgan fingerprint density at radius 2 is 0.727 bits per heavy atom. The van der Waals surface area contributed by atoms with Crippen molar-refractivity contribution in [3.05, 3.63) is 96.7 Å². The molecule has 0 heterocycles. The second kappa shape index (κ2) is 50.5. The fraction of sp³-hybridized carbons (Fsp3) is 0.636. The van der Waals surface area contributed by atoms with Gasteiger partial charge in [-0.15, -0.1) is 0 Å². The smallest absolute Gasteiger partial charge is 0.0130 e. The average molecular weight is 609 g/mol. The number of allylic oxidation sites excluding steroid dienone is 10. The van der Waals surface area contributed by atoms with Crippen LogP contribution in [-0.2, 0) is 0 Å². The van der Waals surface area contributed by atoms with Crippen molar-refractivity contribution < 1.29 is 0 Å². The first kappa shape index (κ1) is 48.8. The fourth-order valence-electron chi connectivity index (χ4n) is 3.84. The van der Waals surface area contributed by atoms with Crippen LogP contribution in [0.3, 0.4) is 0 Å². The molecule has 0 aliphatic carbocycles. The molecule has 256 valence electrons. The summed E-state index contributed by atoms with van der Waals surface area (Å²) in [5, 5.41) is 0. The quantitative estimate of drug-likeness (QED) is 0.108. The summed E-state index contributed by atoms with van der Waals surface area (Å²) in [6, 6.07) is 10.8. The Kier molecular flexibility index (Phi) is 56.1. The van der Waals surface area contributed by atoms with E-state index in [0.717, 1.165) is 6.42 Å². The molecule has 0 aromatic heterocycles. The molecule has 0 saturated carbocycles. The molecular formula is C44H80. The van der Waals surface area contributed by atoms with E-state index in [1.165, 1.54) is 108 Å². The number of benzene rings is 1. The summed E-state index contributed by atoms with van der Waals surface area (Å²) in [7, 11) is 0. The van der Waals surface area contributed by atoms with Gasteiger partial charge in [0.2, 0.25) is 0 Å². The van der Waals surface area contributed by atoms with Crippen LogP contribution < -0.4 is 0 Å². The highest BCUT2D eigenvalue weighted by atomic mass is 14.1. The van der Waals surface area contributed by atoms with E-state index in [1.807, 2.05) is 0 Å². The molecule has 0 nitrogen and oxygen atoms in total. The van der Waals surface area contributed by atoms with Crippen LogP contribution in [0.15, 0.2) is 91.1 Å². The van der Waals surface area contributed by atoms with Crippen LogP contribution in [0.1, 0.15) is 190 Å². The van der Waals surface area contributed by atoms with Crippen molar-refractivity contribution in [3.8, 4) is 0 Å². The standard InChI is InChI=1S/C14H20.C10H20.C8H16.2C6H12/c1-3-5-7-10-13(4-2)14-11-8-6-9-12-14;1-3-5-7-9-10-8-6-4-2;1-3-5-7-8-6-4-2;2*1-3-5-6-4-2/h5-9,11-13H,3-4,10H2,1-2H3;9-10H,3-8H2,1-2H3;5,7H,3-4,6,8H2,1-2H3;2*5-6H,3-4H2,1-2H3/b7-5+;10-9+;7-5+;6-5+;6-5-. The summed E-state index contributed by atoms with van der Waals surface area (Å²) in [5.41, 5.74) is 1.47. The molecule has 1 atom stereocenters. The van der Waals surface area contributed by atoms with Crippen molar-refractivity contribution in [1.29, 1.82) is 0 Å². The minimum Gasteiger partial charge on any atom is -0.0888 e. The van der Waals surface area contributed by atoms with E-state index in [4.69, 9.17) is 0 Å². The van der Waals surface area contributed by atoms with Gasteiger partial charge < -0.3 is 0 Å². The van der Waals surface area contributed by atoms with Crippen molar-refractivity contribution in [3.63, 3.8) is 0 Å². The maximum Gasteiger partial charge on any atom is -0.0130 e. The van der Waals surface area contributed by atoms with Gasteiger partial charge in [-0.2, -0.15) is 0 Å². The molecule has 0 bridgehead atoms. The van der Waals surface area contributed by atoms with Crippen molar-refractivity contribution >= 4 is 0 Å². The molecule has 0 N–H and O–H groups in total. The predicted octanol–water partition coefficient (Wildman–Crippen LogP) is 16.3. The minimum absolute atomic E-state index is 0.694. The molecule has 1 rings (SSSR count). The predicted molar refractivity (Wildman–Crippen MR) is 210 cm³/mol. The lowest BCUT2D eigenvalue weighted by atomic mass is 9.93. The zero-order valence-corrected chi connectivity index (χ0v) is 31.8. The zero-order valence-electron chi connectivity index (χ0n) is 31.8. The van der Waals surface area contributed by atoms with E-state index >= 15 is 0 Å². The Labute approximate surface area is 280 Å². The Balaban J connectivity index is -0.000000238. The van der Waals surface area contributed by atoms with Crippen molar-refractivity contribution in [1.82, 2.24) is 0 Å². The maximum absolute atomic E-state index is 2.32. The fourth-order valence-corrected chi connectivity index (χ4v) is 3.84. The second-order valence-electron chi connectivity index (χ2n) is 11.0. The Bertz CT molecular complexity index is 680. The lowest BCUT2D eigenvalue weighted by Gasteiger charge is -2.12. The number of hydrogen-bond acceptors (Lipinski definition) is 0. The molecule has 0 saturated heterocycles. The van der Waals surface area contributed by atoms with E-state index in [9.17, 15) is 0 Å². The SMILES string of the molecule is CC/C=C/CC.CC/C=C/CC(CC)c1ccccc1.CC/C=C/CCCC.CC/C=C\CC.CCCC/C=C/CCCC. The van der Waals surface area contributed by atoms with Crippen LogP contribution in [0.5, 0.6) is 0 Å². The van der Waals surface area contributed by atoms with Crippen molar-refractivity contribution in [2.75, 3.05) is 0 Å².